The van der Waals surface area contributed by atoms with E-state index in [-0.39, 0.29) is 12.3 Å². The molecular weight excluding hydrogens is 314 g/mol. The molecule has 1 atom stereocenters. The molecule has 1 saturated heterocycles. The smallest absolute Gasteiger partial charge is 0.308 e. The lowest BCUT2D eigenvalue weighted by molar-refractivity contribution is -0.857. The molecule has 7 heteroatoms. The number of ether oxygens (including phenoxy) is 1. The quantitative estimate of drug-likeness (QED) is 0.571. The second kappa shape index (κ2) is 7.52. The van der Waals surface area contributed by atoms with Crippen molar-refractivity contribution in [1.29, 1.82) is 0 Å². The number of nitrogens with one attached hydrogen (secondary N) is 1. The molecule has 1 aliphatic heterocycles. The number of quaternary nitrogens is 1. The number of rotatable bonds is 6. The monoisotopic (exact) mass is 336 g/mol. The Hall–Kier alpha value is -1.99. The third kappa shape index (κ3) is 3.86. The molecule has 1 fully saturated rings. The van der Waals surface area contributed by atoms with Crippen LogP contribution in [0.2, 0.25) is 0 Å². The Morgan fingerprint density at radius 2 is 1.96 bits per heavy atom. The van der Waals surface area contributed by atoms with Crippen LogP contribution in [0.25, 0.3) is 0 Å². The van der Waals surface area contributed by atoms with Gasteiger partial charge in [0.15, 0.2) is 5.11 Å². The van der Waals surface area contributed by atoms with Crippen molar-refractivity contribution in [3.63, 3.8) is 0 Å². The number of carbonyl (C=O) groups is 2. The highest BCUT2D eigenvalue weighted by atomic mass is 32.1. The zero-order valence-electron chi connectivity index (χ0n) is 13.6. The van der Waals surface area contributed by atoms with Crippen molar-refractivity contribution >= 4 is 34.9 Å². The number of hydrogen-bond donors (Lipinski definition) is 1. The minimum absolute atomic E-state index is 0.00156. The van der Waals surface area contributed by atoms with E-state index >= 15 is 0 Å². The first-order chi connectivity index (χ1) is 11.0. The highest BCUT2D eigenvalue weighted by Gasteiger charge is 2.44. The van der Waals surface area contributed by atoms with Gasteiger partial charge in [-0.05, 0) is 24.4 Å². The van der Waals surface area contributed by atoms with Gasteiger partial charge in [0.2, 0.25) is 0 Å². The van der Waals surface area contributed by atoms with Gasteiger partial charge in [-0.25, -0.2) is 0 Å². The Morgan fingerprint density at radius 3 is 2.52 bits per heavy atom. The Morgan fingerprint density at radius 1 is 1.30 bits per heavy atom. The molecule has 0 bridgehead atoms. The minimum Gasteiger partial charge on any atom is -0.469 e. The van der Waals surface area contributed by atoms with Gasteiger partial charge in [0.1, 0.15) is 6.04 Å². The summed E-state index contributed by atoms with van der Waals surface area (Å²) in [6, 6.07) is 8.65. The standard InChI is InChI=1S/C16H21N3O3S/c1-17(2)9-10-18-13(11-14(20)22-3)15(21)19(16(18)23)12-7-5-4-6-8-12/h4-8,13H,9-11H2,1-3H3/p+1/t13-/m1/s1. The Balaban J connectivity index is 2.28. The first-order valence-electron chi connectivity index (χ1n) is 7.51. The summed E-state index contributed by atoms with van der Waals surface area (Å²) in [5.41, 5.74) is 0.720. The highest BCUT2D eigenvalue weighted by Crippen LogP contribution is 2.26. The van der Waals surface area contributed by atoms with E-state index in [1.54, 1.807) is 0 Å². The molecule has 0 radical (unpaired) electrons. The van der Waals surface area contributed by atoms with E-state index in [4.69, 9.17) is 17.0 Å². The number of benzene rings is 1. The molecule has 1 aliphatic rings. The van der Waals surface area contributed by atoms with Crippen molar-refractivity contribution in [2.45, 2.75) is 12.5 Å². The average molecular weight is 336 g/mol. The van der Waals surface area contributed by atoms with Gasteiger partial charge in [0.25, 0.3) is 5.91 Å². The summed E-state index contributed by atoms with van der Waals surface area (Å²) in [6.45, 7) is 1.42. The average Bonchev–Trinajstić information content (AvgIpc) is 2.76. The molecular formula is C16H22N3O3S+. The number of methoxy groups -OCH3 is 1. The van der Waals surface area contributed by atoms with Gasteiger partial charge in [-0.3, -0.25) is 14.5 Å². The third-order valence-electron chi connectivity index (χ3n) is 3.77. The molecule has 124 valence electrons. The SMILES string of the molecule is COC(=O)C[C@@H]1C(=O)N(c2ccccc2)C(=S)N1CC[NH+](C)C. The van der Waals surface area contributed by atoms with Gasteiger partial charge in [0.05, 0.1) is 46.4 Å². The summed E-state index contributed by atoms with van der Waals surface area (Å²) in [5.74, 6) is -0.594. The van der Waals surface area contributed by atoms with E-state index in [1.165, 1.54) is 16.9 Å². The Labute approximate surface area is 141 Å². The van der Waals surface area contributed by atoms with E-state index in [0.717, 1.165) is 12.2 Å². The third-order valence-corrected chi connectivity index (χ3v) is 4.19. The van der Waals surface area contributed by atoms with Gasteiger partial charge >= 0.3 is 5.97 Å². The predicted molar refractivity (Wildman–Crippen MR) is 91.3 cm³/mol. The lowest BCUT2D eigenvalue weighted by atomic mass is 10.2. The number of carbonyl (C=O) groups excluding carboxylic acids is 2. The molecule has 0 unspecified atom stereocenters. The van der Waals surface area contributed by atoms with E-state index in [0.29, 0.717) is 11.7 Å². The highest BCUT2D eigenvalue weighted by molar-refractivity contribution is 7.80. The van der Waals surface area contributed by atoms with Crippen molar-refractivity contribution in [2.24, 2.45) is 0 Å². The van der Waals surface area contributed by atoms with Crippen LogP contribution in [0.4, 0.5) is 5.69 Å². The Kier molecular flexibility index (Phi) is 5.68. The van der Waals surface area contributed by atoms with Crippen LogP contribution < -0.4 is 9.80 Å². The largest absolute Gasteiger partial charge is 0.469 e. The molecule has 1 amide bonds. The number of hydrogen-bond acceptors (Lipinski definition) is 4. The van der Waals surface area contributed by atoms with Crippen molar-refractivity contribution in [3.8, 4) is 0 Å². The second-order valence-corrected chi connectivity index (χ2v) is 6.10. The minimum atomic E-state index is -0.602. The summed E-state index contributed by atoms with van der Waals surface area (Å²) in [6.07, 6.45) is 0.00156. The molecule has 0 spiro atoms. The van der Waals surface area contributed by atoms with Crippen molar-refractivity contribution in [3.05, 3.63) is 30.3 Å². The van der Waals surface area contributed by atoms with E-state index in [9.17, 15) is 9.59 Å². The van der Waals surface area contributed by atoms with Crippen LogP contribution in [-0.2, 0) is 14.3 Å². The van der Waals surface area contributed by atoms with Crippen LogP contribution in [0.5, 0.6) is 0 Å². The zero-order valence-corrected chi connectivity index (χ0v) is 14.4. The second-order valence-electron chi connectivity index (χ2n) is 5.74. The van der Waals surface area contributed by atoms with E-state index < -0.39 is 12.0 Å². The fourth-order valence-electron chi connectivity index (χ4n) is 2.49. The number of anilines is 1. The van der Waals surface area contributed by atoms with Crippen molar-refractivity contribution < 1.29 is 19.2 Å². The maximum atomic E-state index is 12.8. The molecule has 1 aromatic rings. The van der Waals surface area contributed by atoms with Crippen LogP contribution in [-0.4, -0.2) is 62.2 Å². The van der Waals surface area contributed by atoms with Crippen molar-refractivity contribution in [2.75, 3.05) is 39.2 Å². The number of thiocarbonyl (C=S) groups is 1. The maximum Gasteiger partial charge on any atom is 0.308 e. The molecule has 0 saturated carbocycles. The molecule has 1 N–H and O–H groups in total. The zero-order chi connectivity index (χ0) is 17.0. The molecule has 2 rings (SSSR count). The molecule has 0 aliphatic carbocycles. The lowest BCUT2D eigenvalue weighted by Crippen LogP contribution is -3.06. The van der Waals surface area contributed by atoms with Gasteiger partial charge < -0.3 is 14.5 Å². The fourth-order valence-corrected chi connectivity index (χ4v) is 2.90. The van der Waals surface area contributed by atoms with Crippen LogP contribution in [0.1, 0.15) is 6.42 Å². The lowest BCUT2D eigenvalue weighted by Gasteiger charge is -2.23. The van der Waals surface area contributed by atoms with Crippen LogP contribution >= 0.6 is 12.2 Å². The van der Waals surface area contributed by atoms with Gasteiger partial charge in [0, 0.05) is 0 Å². The van der Waals surface area contributed by atoms with Gasteiger partial charge in [-0.1, -0.05) is 18.2 Å². The summed E-state index contributed by atoms with van der Waals surface area (Å²) in [5, 5.41) is 0.441. The summed E-state index contributed by atoms with van der Waals surface area (Å²) in [4.78, 5) is 29.1. The summed E-state index contributed by atoms with van der Waals surface area (Å²) in [7, 11) is 5.39. The van der Waals surface area contributed by atoms with Crippen LogP contribution in [0.15, 0.2) is 30.3 Å². The molecule has 1 aromatic carbocycles. The van der Waals surface area contributed by atoms with Crippen LogP contribution in [0.3, 0.4) is 0 Å². The number of amides is 1. The maximum absolute atomic E-state index is 12.8. The number of likely N-dealkylation sites (N-methyl/N-ethyl adjacent to an activating group) is 1. The van der Waals surface area contributed by atoms with Crippen molar-refractivity contribution in [1.82, 2.24) is 4.90 Å². The van der Waals surface area contributed by atoms with Gasteiger partial charge in [-0.2, -0.15) is 0 Å². The van der Waals surface area contributed by atoms with Crippen LogP contribution in [0, 0.1) is 0 Å². The van der Waals surface area contributed by atoms with E-state index in [2.05, 4.69) is 0 Å². The number of nitrogens with zero attached hydrogens (tertiary/aromatic N) is 2. The normalized spacial score (nSPS) is 18.0. The van der Waals surface area contributed by atoms with E-state index in [1.807, 2.05) is 49.3 Å². The molecule has 1 heterocycles. The molecule has 23 heavy (non-hydrogen) atoms. The topological polar surface area (TPSA) is 54.3 Å². The fraction of sp³-hybridized carbons (Fsp3) is 0.438. The molecule has 6 nitrogen and oxygen atoms in total. The molecule has 0 aromatic heterocycles. The first kappa shape index (κ1) is 17.4. The Bertz CT molecular complexity index is 591. The summed E-state index contributed by atoms with van der Waals surface area (Å²) >= 11 is 5.51. The number of esters is 1. The number of para-hydroxylation sites is 1. The predicted octanol–water partition coefficient (Wildman–Crippen LogP) is -0.304. The van der Waals surface area contributed by atoms with Gasteiger partial charge in [-0.15, -0.1) is 0 Å². The summed E-state index contributed by atoms with van der Waals surface area (Å²) < 4.78 is 4.73. The first-order valence-corrected chi connectivity index (χ1v) is 7.92.